The van der Waals surface area contributed by atoms with Gasteiger partial charge in [-0.1, -0.05) is 35.9 Å². The first-order valence-corrected chi connectivity index (χ1v) is 8.96. The number of hydrogen-bond donors (Lipinski definition) is 3. The summed E-state index contributed by atoms with van der Waals surface area (Å²) in [7, 11) is 0. The van der Waals surface area contributed by atoms with Gasteiger partial charge in [0.15, 0.2) is 11.7 Å². The molecule has 2 rings (SSSR count). The van der Waals surface area contributed by atoms with E-state index in [1.807, 2.05) is 38.1 Å². The lowest BCUT2D eigenvalue weighted by Crippen LogP contribution is -2.50. The van der Waals surface area contributed by atoms with Gasteiger partial charge in [0.2, 0.25) is 5.91 Å². The third kappa shape index (κ3) is 6.88. The van der Waals surface area contributed by atoms with Crippen LogP contribution in [0.2, 0.25) is 5.02 Å². The van der Waals surface area contributed by atoms with E-state index in [1.54, 1.807) is 18.2 Å². The van der Waals surface area contributed by atoms with Crippen molar-refractivity contribution in [2.75, 3.05) is 6.61 Å². The molecule has 8 heteroatoms. The van der Waals surface area contributed by atoms with E-state index in [1.165, 1.54) is 0 Å². The van der Waals surface area contributed by atoms with E-state index in [0.717, 1.165) is 16.7 Å². The fourth-order valence-electron chi connectivity index (χ4n) is 2.26. The van der Waals surface area contributed by atoms with E-state index < -0.39 is 5.91 Å². The third-order valence-electron chi connectivity index (χ3n) is 3.68. The van der Waals surface area contributed by atoms with Gasteiger partial charge in [-0.25, -0.2) is 0 Å². The Hall–Kier alpha value is -2.64. The monoisotopic (exact) mass is 405 g/mol. The molecule has 6 nitrogen and oxygen atoms in total. The second-order valence-corrected chi connectivity index (χ2v) is 6.70. The quantitative estimate of drug-likeness (QED) is 0.526. The minimum absolute atomic E-state index is 0.00427. The number of thiocarbonyl (C=S) groups is 1. The lowest BCUT2D eigenvalue weighted by molar-refractivity contribution is -0.124. The number of nitrogens with one attached hydrogen (secondary N) is 3. The molecule has 142 valence electrons. The van der Waals surface area contributed by atoms with Crippen LogP contribution in [0.1, 0.15) is 16.7 Å². The van der Waals surface area contributed by atoms with Crippen LogP contribution in [-0.2, 0) is 16.0 Å². The van der Waals surface area contributed by atoms with Crippen LogP contribution in [0.25, 0.3) is 0 Å². The molecule has 0 atom stereocenters. The van der Waals surface area contributed by atoms with Crippen molar-refractivity contribution in [3.05, 3.63) is 64.2 Å². The Morgan fingerprint density at radius 1 is 1.04 bits per heavy atom. The predicted molar refractivity (Wildman–Crippen MR) is 109 cm³/mol. The van der Waals surface area contributed by atoms with E-state index in [0.29, 0.717) is 10.8 Å². The van der Waals surface area contributed by atoms with Crippen LogP contribution in [0.5, 0.6) is 5.75 Å². The summed E-state index contributed by atoms with van der Waals surface area (Å²) < 4.78 is 5.42. The lowest BCUT2D eigenvalue weighted by atomic mass is 10.1. The normalized spacial score (nSPS) is 10.0. The van der Waals surface area contributed by atoms with Gasteiger partial charge in [0.25, 0.3) is 5.91 Å². The molecular weight excluding hydrogens is 386 g/mol. The summed E-state index contributed by atoms with van der Waals surface area (Å²) in [4.78, 5) is 23.8. The molecule has 0 heterocycles. The molecule has 2 aromatic rings. The van der Waals surface area contributed by atoms with Crippen LogP contribution < -0.4 is 20.9 Å². The molecule has 0 spiro atoms. The number of carbonyl (C=O) groups excluding carboxylic acids is 2. The van der Waals surface area contributed by atoms with E-state index in [-0.39, 0.29) is 24.0 Å². The molecule has 0 aromatic heterocycles. The van der Waals surface area contributed by atoms with E-state index in [2.05, 4.69) is 16.2 Å². The van der Waals surface area contributed by atoms with Gasteiger partial charge in [-0.2, -0.15) is 0 Å². The van der Waals surface area contributed by atoms with E-state index in [4.69, 9.17) is 28.6 Å². The number of carbonyl (C=O) groups is 2. The fourth-order valence-corrected chi connectivity index (χ4v) is 2.66. The summed E-state index contributed by atoms with van der Waals surface area (Å²) in [5.41, 5.74) is 7.60. The Morgan fingerprint density at radius 2 is 1.78 bits per heavy atom. The van der Waals surface area contributed by atoms with Crippen molar-refractivity contribution in [3.8, 4) is 5.75 Å². The second-order valence-electron chi connectivity index (χ2n) is 5.85. The Balaban J connectivity index is 1.72. The number of hydrazine groups is 1. The van der Waals surface area contributed by atoms with Crippen molar-refractivity contribution in [2.45, 2.75) is 20.3 Å². The van der Waals surface area contributed by atoms with Gasteiger partial charge < -0.3 is 10.1 Å². The molecule has 0 saturated heterocycles. The first-order chi connectivity index (χ1) is 12.8. The summed E-state index contributed by atoms with van der Waals surface area (Å²) in [6, 6.07) is 12.7. The van der Waals surface area contributed by atoms with Crippen LogP contribution in [0.15, 0.2) is 42.5 Å². The second kappa shape index (κ2) is 9.89. The molecule has 2 amide bonds. The summed E-state index contributed by atoms with van der Waals surface area (Å²) in [5.74, 6) is -0.160. The highest BCUT2D eigenvalue weighted by atomic mass is 35.5. The SMILES string of the molecule is Cc1ccccc1CC(=O)NC(=S)NNC(=O)COc1ccc(Cl)cc1C. The molecule has 0 aliphatic rings. The molecule has 0 unspecified atom stereocenters. The first-order valence-electron chi connectivity index (χ1n) is 8.17. The Kier molecular flexibility index (Phi) is 7.57. The maximum absolute atomic E-state index is 12.0. The molecule has 0 saturated carbocycles. The number of aryl methyl sites for hydroxylation is 2. The molecule has 0 radical (unpaired) electrons. The number of hydrogen-bond acceptors (Lipinski definition) is 4. The van der Waals surface area contributed by atoms with Crippen LogP contribution in [-0.4, -0.2) is 23.5 Å². The molecule has 0 bridgehead atoms. The van der Waals surface area contributed by atoms with Gasteiger partial charge in [0.05, 0.1) is 6.42 Å². The standard InChI is InChI=1S/C19H20ClN3O3S/c1-12-5-3-4-6-14(12)10-17(24)21-19(27)23-22-18(25)11-26-16-8-7-15(20)9-13(16)2/h3-9H,10-11H2,1-2H3,(H,22,25)(H2,21,23,24,27). The Labute approximate surface area is 168 Å². The van der Waals surface area contributed by atoms with Gasteiger partial charge in [-0.15, -0.1) is 0 Å². The third-order valence-corrected chi connectivity index (χ3v) is 4.12. The van der Waals surface area contributed by atoms with Crippen molar-refractivity contribution in [2.24, 2.45) is 0 Å². The minimum Gasteiger partial charge on any atom is -0.483 e. The fraction of sp³-hybridized carbons (Fsp3) is 0.211. The smallest absolute Gasteiger partial charge is 0.276 e. The predicted octanol–water partition coefficient (Wildman–Crippen LogP) is 2.60. The topological polar surface area (TPSA) is 79.5 Å². The lowest BCUT2D eigenvalue weighted by Gasteiger charge is -2.12. The van der Waals surface area contributed by atoms with Gasteiger partial charge in [0.1, 0.15) is 5.75 Å². The minimum atomic E-state index is -0.445. The molecule has 0 aliphatic carbocycles. The maximum Gasteiger partial charge on any atom is 0.276 e. The molecule has 0 fully saturated rings. The molecule has 2 aromatic carbocycles. The van der Waals surface area contributed by atoms with Crippen LogP contribution >= 0.6 is 23.8 Å². The summed E-state index contributed by atoms with van der Waals surface area (Å²) in [6.45, 7) is 3.55. The van der Waals surface area contributed by atoms with Gasteiger partial charge in [-0.3, -0.25) is 20.4 Å². The number of halogens is 1. The number of rotatable bonds is 5. The molecule has 0 aliphatic heterocycles. The van der Waals surface area contributed by atoms with Gasteiger partial charge >= 0.3 is 0 Å². The number of benzene rings is 2. The Morgan fingerprint density at radius 3 is 2.48 bits per heavy atom. The maximum atomic E-state index is 12.0. The summed E-state index contributed by atoms with van der Waals surface area (Å²) in [5, 5.41) is 3.11. The van der Waals surface area contributed by atoms with Gasteiger partial charge in [-0.05, 0) is 61.0 Å². The number of amides is 2. The zero-order chi connectivity index (χ0) is 19.8. The average molecular weight is 406 g/mol. The molecule has 3 N–H and O–H groups in total. The van der Waals surface area contributed by atoms with E-state index >= 15 is 0 Å². The molecular formula is C19H20ClN3O3S. The van der Waals surface area contributed by atoms with Crippen molar-refractivity contribution < 1.29 is 14.3 Å². The summed E-state index contributed by atoms with van der Waals surface area (Å²) >= 11 is 10.9. The average Bonchev–Trinajstić information content (AvgIpc) is 2.61. The highest BCUT2D eigenvalue weighted by Crippen LogP contribution is 2.21. The zero-order valence-corrected chi connectivity index (χ0v) is 16.5. The molecule has 27 heavy (non-hydrogen) atoms. The Bertz CT molecular complexity index is 858. The van der Waals surface area contributed by atoms with Crippen molar-refractivity contribution in [1.82, 2.24) is 16.2 Å². The summed E-state index contributed by atoms with van der Waals surface area (Å²) in [6.07, 6.45) is 0.196. The van der Waals surface area contributed by atoms with Crippen molar-refractivity contribution in [1.29, 1.82) is 0 Å². The van der Waals surface area contributed by atoms with Crippen molar-refractivity contribution in [3.63, 3.8) is 0 Å². The zero-order valence-electron chi connectivity index (χ0n) is 15.0. The van der Waals surface area contributed by atoms with Crippen molar-refractivity contribution >= 4 is 40.7 Å². The van der Waals surface area contributed by atoms with Crippen LogP contribution in [0.4, 0.5) is 0 Å². The highest BCUT2D eigenvalue weighted by Gasteiger charge is 2.09. The first kappa shape index (κ1) is 20.7. The number of ether oxygens (including phenoxy) is 1. The van der Waals surface area contributed by atoms with Crippen LogP contribution in [0, 0.1) is 13.8 Å². The van der Waals surface area contributed by atoms with E-state index in [9.17, 15) is 9.59 Å². The largest absolute Gasteiger partial charge is 0.483 e. The van der Waals surface area contributed by atoms with Crippen LogP contribution in [0.3, 0.4) is 0 Å². The highest BCUT2D eigenvalue weighted by molar-refractivity contribution is 7.80. The van der Waals surface area contributed by atoms with Gasteiger partial charge in [0, 0.05) is 5.02 Å².